The third kappa shape index (κ3) is 144. The Morgan fingerprint density at radius 3 is 0.889 bits per heavy atom. The summed E-state index contributed by atoms with van der Waals surface area (Å²) in [5.74, 6) is 0. The summed E-state index contributed by atoms with van der Waals surface area (Å²) in [4.78, 5) is 0. The summed E-state index contributed by atoms with van der Waals surface area (Å²) in [6, 6.07) is 0. The van der Waals surface area contributed by atoms with E-state index in [1.807, 2.05) is 0 Å². The minimum absolute atomic E-state index is 0. The smallest absolute Gasteiger partial charge is 0.130 e. The Hall–Kier alpha value is 2.17. The van der Waals surface area contributed by atoms with Crippen molar-refractivity contribution in [3.63, 3.8) is 0 Å². The lowest BCUT2D eigenvalue weighted by Crippen LogP contribution is -1.66. The molecule has 0 saturated heterocycles. The predicted molar refractivity (Wildman–Crippen MR) is 51.8 cm³/mol. The van der Waals surface area contributed by atoms with E-state index < -0.39 is 11.0 Å². The highest BCUT2D eigenvalue weighted by atomic mass is 35.8. The molecule has 8 heteroatoms. The molecule has 0 aliphatic carbocycles. The Kier molecular flexibility index (Phi) is 24.6. The molecule has 0 saturated carbocycles. The van der Waals surface area contributed by atoms with Crippen LogP contribution in [0, 0.1) is 0 Å². The molecule has 0 unspecified atom stereocenters. The van der Waals surface area contributed by atoms with Crippen molar-refractivity contribution in [1.29, 1.82) is 0 Å². The summed E-state index contributed by atoms with van der Waals surface area (Å²) in [6.45, 7) is -1.72. The van der Waals surface area contributed by atoms with Gasteiger partial charge in [-0.1, -0.05) is 34.8 Å². The molecule has 0 rings (SSSR count). The Balaban J connectivity index is -0.0000000720. The van der Waals surface area contributed by atoms with Gasteiger partial charge >= 0.3 is 6.73 Å². The van der Waals surface area contributed by atoms with Crippen molar-refractivity contribution in [2.75, 3.05) is 0 Å². The maximum absolute atomic E-state index is 4.94. The minimum Gasteiger partial charge on any atom is -0.130 e. The SMILES string of the molecule is ClC(Cl)Cl.Cl[SiH](Cl)Cl.[Si]. The zero-order valence-electron chi connectivity index (χ0n) is 3.92. The van der Waals surface area contributed by atoms with Gasteiger partial charge in [0, 0.05) is 11.0 Å². The predicted octanol–water partition coefficient (Wildman–Crippen LogP) is 3.03. The molecule has 4 radical (unpaired) electrons. The second-order valence-corrected chi connectivity index (χ2v) is 8.91. The molecule has 0 amide bonds. The van der Waals surface area contributed by atoms with Crippen molar-refractivity contribution in [2.24, 2.45) is 0 Å². The van der Waals surface area contributed by atoms with Crippen molar-refractivity contribution in [1.82, 2.24) is 0 Å². The third-order valence-corrected chi connectivity index (χ3v) is 0. The molecule has 0 fully saturated rings. The Labute approximate surface area is 89.4 Å². The van der Waals surface area contributed by atoms with Crippen molar-refractivity contribution >= 4 is 85.7 Å². The fourth-order valence-electron chi connectivity index (χ4n) is 0. The summed E-state index contributed by atoms with van der Waals surface area (Å²) >= 11 is 29.2. The molecule has 9 heavy (non-hydrogen) atoms. The van der Waals surface area contributed by atoms with E-state index in [1.165, 1.54) is 0 Å². The van der Waals surface area contributed by atoms with E-state index in [0.29, 0.717) is 0 Å². The van der Waals surface area contributed by atoms with E-state index in [-0.39, 0.29) is 11.0 Å². The van der Waals surface area contributed by atoms with Crippen LogP contribution in [0.5, 0.6) is 0 Å². The number of halogens is 6. The number of rotatable bonds is 0. The number of hydrogen-bond donors (Lipinski definition) is 0. The summed E-state index contributed by atoms with van der Waals surface area (Å²) in [6.07, 6.45) is 0. The average Bonchev–Trinajstić information content (AvgIpc) is 1.25. The first-order valence-electron chi connectivity index (χ1n) is 1.31. The van der Waals surface area contributed by atoms with E-state index in [1.54, 1.807) is 0 Å². The molecule has 0 nitrogen and oxygen atoms in total. The van der Waals surface area contributed by atoms with E-state index in [9.17, 15) is 0 Å². The number of alkyl halides is 3. The third-order valence-electron chi connectivity index (χ3n) is 0. The van der Waals surface area contributed by atoms with Crippen LogP contribution in [0.2, 0.25) is 0 Å². The monoisotopic (exact) mass is 280 g/mol. The molecule has 0 aliphatic rings. The molecule has 0 bridgehead atoms. The lowest BCUT2D eigenvalue weighted by atomic mass is 11.9. The van der Waals surface area contributed by atoms with Gasteiger partial charge in [-0.15, -0.1) is 33.2 Å². The normalized spacial score (nSPS) is 8.00. The minimum atomic E-state index is -1.72. The summed E-state index contributed by atoms with van der Waals surface area (Å²) in [7, 11) is 0. The first-order chi connectivity index (χ1) is 3.46. The topological polar surface area (TPSA) is 0 Å². The van der Waals surface area contributed by atoms with Crippen molar-refractivity contribution in [2.45, 2.75) is 4.30 Å². The Morgan fingerprint density at radius 1 is 0.889 bits per heavy atom. The summed E-state index contributed by atoms with van der Waals surface area (Å²) in [5, 5.41) is 0. The second-order valence-electron chi connectivity index (χ2n) is 0.495. The first-order valence-corrected chi connectivity index (χ1v) is 7.86. The van der Waals surface area contributed by atoms with Crippen LogP contribution in [0.3, 0.4) is 0 Å². The van der Waals surface area contributed by atoms with Crippen LogP contribution in [-0.2, 0) is 0 Å². The highest BCUT2D eigenvalue weighted by Gasteiger charge is 1.85. The van der Waals surface area contributed by atoms with Crippen LogP contribution in [0.15, 0.2) is 0 Å². The van der Waals surface area contributed by atoms with Crippen LogP contribution in [0.4, 0.5) is 0 Å². The summed E-state index contributed by atoms with van der Waals surface area (Å²) in [5.41, 5.74) is 0. The van der Waals surface area contributed by atoms with Gasteiger partial charge in [0.2, 0.25) is 0 Å². The standard InChI is InChI=1S/CHCl3.Cl3HSi.Si/c2-1(3)4;1-4(2)3;/h1H;4H;. The lowest BCUT2D eigenvalue weighted by molar-refractivity contribution is 1.96. The zero-order chi connectivity index (χ0) is 7.15. The molecule has 56 valence electrons. The van der Waals surface area contributed by atoms with Gasteiger partial charge in [-0.05, 0) is 0 Å². The van der Waals surface area contributed by atoms with Crippen LogP contribution >= 0.6 is 68.0 Å². The van der Waals surface area contributed by atoms with E-state index in [2.05, 4.69) is 0 Å². The maximum Gasteiger partial charge on any atom is 0.326 e. The fourth-order valence-corrected chi connectivity index (χ4v) is 0. The van der Waals surface area contributed by atoms with E-state index >= 15 is 0 Å². The second kappa shape index (κ2) is 12.8. The van der Waals surface area contributed by atoms with Gasteiger partial charge in [-0.3, -0.25) is 0 Å². The van der Waals surface area contributed by atoms with Gasteiger partial charge in [-0.2, -0.15) is 0 Å². The number of hydrogen-bond acceptors (Lipinski definition) is 0. The highest BCUT2D eigenvalue weighted by molar-refractivity contribution is 7.54. The van der Waals surface area contributed by atoms with Crippen molar-refractivity contribution < 1.29 is 0 Å². The van der Waals surface area contributed by atoms with Gasteiger partial charge in [0.1, 0.15) is 0 Å². The summed E-state index contributed by atoms with van der Waals surface area (Å²) < 4.78 is -0.750. The maximum atomic E-state index is 4.94. The molecular weight excluding hydrogens is 281 g/mol. The van der Waals surface area contributed by atoms with Crippen LogP contribution < -0.4 is 0 Å². The van der Waals surface area contributed by atoms with Gasteiger partial charge in [0.25, 0.3) is 0 Å². The van der Waals surface area contributed by atoms with Crippen LogP contribution in [-0.4, -0.2) is 22.0 Å². The largest absolute Gasteiger partial charge is 0.326 e. The van der Waals surface area contributed by atoms with Gasteiger partial charge in [0.05, 0.1) is 0 Å². The zero-order valence-corrected chi connectivity index (χ0v) is 10.6. The highest BCUT2D eigenvalue weighted by Crippen LogP contribution is 2.03. The first kappa shape index (κ1) is 17.3. The van der Waals surface area contributed by atoms with E-state index in [4.69, 9.17) is 68.0 Å². The molecule has 0 aliphatic heterocycles. The lowest BCUT2D eigenvalue weighted by Gasteiger charge is -1.69. The van der Waals surface area contributed by atoms with Gasteiger partial charge in [0.15, 0.2) is 4.30 Å². The van der Waals surface area contributed by atoms with E-state index in [0.717, 1.165) is 0 Å². The van der Waals surface area contributed by atoms with Gasteiger partial charge in [-0.25, -0.2) is 0 Å². The molecule has 0 aromatic carbocycles. The molecule has 0 aromatic rings. The van der Waals surface area contributed by atoms with Crippen molar-refractivity contribution in [3.05, 3.63) is 0 Å². The quantitative estimate of drug-likeness (QED) is 0.364. The van der Waals surface area contributed by atoms with Crippen molar-refractivity contribution in [3.8, 4) is 0 Å². The van der Waals surface area contributed by atoms with Crippen LogP contribution in [0.25, 0.3) is 0 Å². The molecular formula is CH2Cl6Si2. The molecule has 0 heterocycles. The molecule has 0 atom stereocenters. The Morgan fingerprint density at radius 2 is 0.889 bits per heavy atom. The average molecular weight is 283 g/mol. The molecule has 0 N–H and O–H groups in total. The molecule has 0 spiro atoms. The fraction of sp³-hybridized carbons (Fsp3) is 1.00. The molecule has 0 aromatic heterocycles. The Bertz CT molecular complexity index is 26.5. The van der Waals surface area contributed by atoms with Crippen LogP contribution in [0.1, 0.15) is 0 Å². The van der Waals surface area contributed by atoms with Gasteiger partial charge < -0.3 is 0 Å².